The topological polar surface area (TPSA) is 40.6 Å². The number of nitrogens with zero attached hydrogens (tertiary/aromatic N) is 2. The second-order valence-electron chi connectivity index (χ2n) is 3.09. The van der Waals surface area contributed by atoms with Crippen LogP contribution in [0.1, 0.15) is 0 Å². The Balaban J connectivity index is 2.52. The van der Waals surface area contributed by atoms with Crippen LogP contribution in [0.2, 0.25) is 0 Å². The molecule has 1 rings (SSSR count). The summed E-state index contributed by atoms with van der Waals surface area (Å²) in [5.41, 5.74) is 0. The van der Waals surface area contributed by atoms with Gasteiger partial charge in [-0.2, -0.15) is 4.31 Å². The molecule has 78 valence electrons. The molecule has 0 aliphatic carbocycles. The third kappa shape index (κ3) is 2.58. The van der Waals surface area contributed by atoms with Gasteiger partial charge in [-0.05, 0) is 0 Å². The largest absolute Gasteiger partial charge is 0.290 e. The van der Waals surface area contributed by atoms with E-state index in [0.717, 1.165) is 5.41 Å². The highest BCUT2D eigenvalue weighted by Gasteiger charge is 2.23. The minimum atomic E-state index is -3.24. The maximum absolute atomic E-state index is 11.4. The molecule has 0 unspecified atom stereocenters. The summed E-state index contributed by atoms with van der Waals surface area (Å²) in [6, 6.07) is 0. The second-order valence-corrected chi connectivity index (χ2v) is 4.97. The maximum Gasteiger partial charge on any atom is 0.235 e. The van der Waals surface area contributed by atoms with E-state index in [-0.39, 0.29) is 0 Å². The third-order valence-corrected chi connectivity index (χ3v) is 3.72. The molecule has 0 N–H and O–H groups in total. The van der Waals surface area contributed by atoms with Crippen molar-refractivity contribution in [2.45, 2.75) is 0 Å². The van der Waals surface area contributed by atoms with E-state index in [1.807, 2.05) is 0 Å². The molecule has 0 amide bonds. The molecule has 0 bridgehead atoms. The summed E-state index contributed by atoms with van der Waals surface area (Å²) in [5, 5.41) is 0.990. The van der Waals surface area contributed by atoms with Crippen LogP contribution in [0.3, 0.4) is 0 Å². The first-order valence-electron chi connectivity index (χ1n) is 4.38. The molecule has 0 aromatic heterocycles. The fraction of sp³-hybridized carbons (Fsp3) is 0.556. The van der Waals surface area contributed by atoms with E-state index >= 15 is 0 Å². The molecule has 0 radical (unpaired) electrons. The zero-order valence-corrected chi connectivity index (χ0v) is 8.83. The molecule has 1 saturated heterocycles. The summed E-state index contributed by atoms with van der Waals surface area (Å²) in [6.45, 7) is 6.25. The quantitative estimate of drug-likeness (QED) is 0.606. The highest BCUT2D eigenvalue weighted by Crippen LogP contribution is 2.07. The molecule has 1 aliphatic heterocycles. The number of hydrogen-bond donors (Lipinski definition) is 0. The van der Waals surface area contributed by atoms with Crippen molar-refractivity contribution in [2.75, 3.05) is 32.7 Å². The lowest BCUT2D eigenvalue weighted by Crippen LogP contribution is -2.47. The van der Waals surface area contributed by atoms with Crippen LogP contribution in [0, 0.1) is 12.3 Å². The fourth-order valence-corrected chi connectivity index (χ4v) is 2.26. The van der Waals surface area contributed by atoms with Crippen LogP contribution < -0.4 is 0 Å². The van der Waals surface area contributed by atoms with Crippen LogP contribution >= 0.6 is 0 Å². The van der Waals surface area contributed by atoms with Crippen molar-refractivity contribution in [3.8, 4) is 12.3 Å². The van der Waals surface area contributed by atoms with Gasteiger partial charge in [-0.25, -0.2) is 8.42 Å². The lowest BCUT2D eigenvalue weighted by atomic mass is 10.4. The summed E-state index contributed by atoms with van der Waals surface area (Å²) in [5.74, 6) is 2.54. The second kappa shape index (κ2) is 4.60. The van der Waals surface area contributed by atoms with Gasteiger partial charge in [-0.3, -0.25) is 4.90 Å². The van der Waals surface area contributed by atoms with Crippen LogP contribution in [0.25, 0.3) is 0 Å². The first kappa shape index (κ1) is 11.2. The molecule has 0 spiro atoms. The normalized spacial score (nSPS) is 20.2. The van der Waals surface area contributed by atoms with Crippen LogP contribution in [-0.2, 0) is 10.0 Å². The SMILES string of the molecule is C#CCN1CCN(S(=O)(=O)C=C)CC1. The molecule has 5 heteroatoms. The Morgan fingerprint density at radius 1 is 1.36 bits per heavy atom. The molecular formula is C9H14N2O2S. The first-order valence-corrected chi connectivity index (χ1v) is 5.89. The van der Waals surface area contributed by atoms with Crippen molar-refractivity contribution < 1.29 is 8.42 Å². The van der Waals surface area contributed by atoms with E-state index in [0.29, 0.717) is 32.7 Å². The highest BCUT2D eigenvalue weighted by molar-refractivity contribution is 7.92. The van der Waals surface area contributed by atoms with Gasteiger partial charge in [0.15, 0.2) is 0 Å². The first-order chi connectivity index (χ1) is 6.60. The number of terminal acetylenes is 1. The van der Waals surface area contributed by atoms with Gasteiger partial charge in [0.1, 0.15) is 0 Å². The van der Waals surface area contributed by atoms with Gasteiger partial charge in [0.25, 0.3) is 0 Å². The Kier molecular flexibility index (Phi) is 3.69. The molecule has 0 aromatic carbocycles. The van der Waals surface area contributed by atoms with Gasteiger partial charge in [-0.1, -0.05) is 12.5 Å². The van der Waals surface area contributed by atoms with Gasteiger partial charge >= 0.3 is 0 Å². The van der Waals surface area contributed by atoms with Crippen molar-refractivity contribution in [1.82, 2.24) is 9.21 Å². The van der Waals surface area contributed by atoms with Crippen LogP contribution in [-0.4, -0.2) is 50.3 Å². The lowest BCUT2D eigenvalue weighted by Gasteiger charge is -2.31. The molecule has 0 saturated carbocycles. The van der Waals surface area contributed by atoms with E-state index < -0.39 is 10.0 Å². The molecule has 14 heavy (non-hydrogen) atoms. The Hall–Kier alpha value is -0.830. The number of piperazine rings is 1. The van der Waals surface area contributed by atoms with E-state index in [4.69, 9.17) is 6.42 Å². The lowest BCUT2D eigenvalue weighted by molar-refractivity contribution is 0.208. The summed E-state index contributed by atoms with van der Waals surface area (Å²) >= 11 is 0. The summed E-state index contributed by atoms with van der Waals surface area (Å²) < 4.78 is 24.2. The zero-order chi connectivity index (χ0) is 10.6. The average molecular weight is 214 g/mol. The van der Waals surface area contributed by atoms with Crippen molar-refractivity contribution in [2.24, 2.45) is 0 Å². The zero-order valence-electron chi connectivity index (χ0n) is 8.02. The Morgan fingerprint density at radius 3 is 2.36 bits per heavy atom. The van der Waals surface area contributed by atoms with Crippen molar-refractivity contribution >= 4 is 10.0 Å². The Morgan fingerprint density at radius 2 is 1.93 bits per heavy atom. The van der Waals surface area contributed by atoms with E-state index in [2.05, 4.69) is 17.4 Å². The number of hydrogen-bond acceptors (Lipinski definition) is 3. The average Bonchev–Trinajstić information content (AvgIpc) is 2.19. The van der Waals surface area contributed by atoms with Crippen molar-refractivity contribution in [3.63, 3.8) is 0 Å². The third-order valence-electron chi connectivity index (χ3n) is 2.22. The van der Waals surface area contributed by atoms with Crippen molar-refractivity contribution in [1.29, 1.82) is 0 Å². The van der Waals surface area contributed by atoms with E-state index in [1.54, 1.807) is 0 Å². The summed E-state index contributed by atoms with van der Waals surface area (Å²) in [7, 11) is -3.24. The molecule has 1 fully saturated rings. The molecule has 1 aliphatic rings. The Bertz CT molecular complexity index is 334. The van der Waals surface area contributed by atoms with Gasteiger partial charge in [0.2, 0.25) is 10.0 Å². The molecule has 0 aromatic rings. The van der Waals surface area contributed by atoms with Gasteiger partial charge in [0, 0.05) is 31.6 Å². The minimum Gasteiger partial charge on any atom is -0.290 e. The summed E-state index contributed by atoms with van der Waals surface area (Å²) in [6.07, 6.45) is 5.17. The van der Waals surface area contributed by atoms with Gasteiger partial charge < -0.3 is 0 Å². The summed E-state index contributed by atoms with van der Waals surface area (Å²) in [4.78, 5) is 2.05. The van der Waals surface area contributed by atoms with E-state index in [9.17, 15) is 8.42 Å². The Labute approximate surface area is 85.2 Å². The van der Waals surface area contributed by atoms with E-state index in [1.165, 1.54) is 4.31 Å². The standard InChI is InChI=1S/C9H14N2O2S/c1-3-5-10-6-8-11(9-7-10)14(12,13)4-2/h1,4H,2,5-9H2. The number of rotatable bonds is 3. The van der Waals surface area contributed by atoms with Crippen LogP contribution in [0.5, 0.6) is 0 Å². The van der Waals surface area contributed by atoms with Gasteiger partial charge in [-0.15, -0.1) is 6.42 Å². The number of sulfonamides is 1. The maximum atomic E-state index is 11.4. The van der Waals surface area contributed by atoms with Crippen LogP contribution in [0.15, 0.2) is 12.0 Å². The molecule has 1 heterocycles. The van der Waals surface area contributed by atoms with Crippen LogP contribution in [0.4, 0.5) is 0 Å². The molecule has 0 atom stereocenters. The minimum absolute atomic E-state index is 0.496. The molecule has 4 nitrogen and oxygen atoms in total. The highest BCUT2D eigenvalue weighted by atomic mass is 32.2. The monoisotopic (exact) mass is 214 g/mol. The predicted molar refractivity (Wildman–Crippen MR) is 56.0 cm³/mol. The van der Waals surface area contributed by atoms with Crippen molar-refractivity contribution in [3.05, 3.63) is 12.0 Å². The fourth-order valence-electron chi connectivity index (χ4n) is 1.38. The molecular weight excluding hydrogens is 200 g/mol. The smallest absolute Gasteiger partial charge is 0.235 e. The van der Waals surface area contributed by atoms with Gasteiger partial charge in [0.05, 0.1) is 6.54 Å². The predicted octanol–water partition coefficient (Wildman–Crippen LogP) is -0.289.